The zero-order valence-corrected chi connectivity index (χ0v) is 23.1. The Morgan fingerprint density at radius 1 is 1.03 bits per heavy atom. The van der Waals surface area contributed by atoms with Gasteiger partial charge in [0.1, 0.15) is 24.5 Å². The largest absolute Gasteiger partial charge is 0.447 e. The van der Waals surface area contributed by atoms with Crippen molar-refractivity contribution in [2.75, 3.05) is 26.2 Å². The molecular weight excluding hydrogens is 559 g/mol. The average molecular weight is 583 g/mol. The molecule has 8 nitrogen and oxygen atoms in total. The number of carbonyl (C=O) groups is 2. The van der Waals surface area contributed by atoms with Gasteiger partial charge in [0.15, 0.2) is 5.76 Å². The second-order valence-corrected chi connectivity index (χ2v) is 11.3. The van der Waals surface area contributed by atoms with Crippen LogP contribution in [0.5, 0.6) is 0 Å². The van der Waals surface area contributed by atoms with Crippen molar-refractivity contribution in [3.63, 3.8) is 0 Å². The van der Waals surface area contributed by atoms with E-state index in [1.54, 1.807) is 23.5 Å². The fourth-order valence-corrected chi connectivity index (χ4v) is 6.25. The molecule has 11 heteroatoms. The minimum absolute atomic E-state index is 0.0110. The highest BCUT2D eigenvalue weighted by atomic mass is 35.5. The van der Waals surface area contributed by atoms with Crippen molar-refractivity contribution in [3.8, 4) is 22.7 Å². The Hall–Kier alpha value is -3.40. The second kappa shape index (κ2) is 11.0. The summed E-state index contributed by atoms with van der Waals surface area (Å²) in [6.07, 6.45) is 1.16. The van der Waals surface area contributed by atoms with Gasteiger partial charge in [-0.2, -0.15) is 0 Å². The summed E-state index contributed by atoms with van der Waals surface area (Å²) < 4.78 is 10.8. The molecule has 1 unspecified atom stereocenters. The van der Waals surface area contributed by atoms with Crippen LogP contribution in [0.3, 0.4) is 0 Å². The van der Waals surface area contributed by atoms with Gasteiger partial charge in [0.25, 0.3) is 0 Å². The predicted molar refractivity (Wildman–Crippen MR) is 149 cm³/mol. The van der Waals surface area contributed by atoms with E-state index in [2.05, 4.69) is 5.16 Å². The van der Waals surface area contributed by atoms with Gasteiger partial charge in [0, 0.05) is 36.0 Å². The van der Waals surface area contributed by atoms with E-state index in [-0.39, 0.29) is 31.0 Å². The zero-order valence-electron chi connectivity index (χ0n) is 20.8. The fourth-order valence-electron chi connectivity index (χ4n) is 4.97. The summed E-state index contributed by atoms with van der Waals surface area (Å²) in [6, 6.07) is 16.6. The van der Waals surface area contributed by atoms with E-state index in [1.165, 1.54) is 4.90 Å². The topological polar surface area (TPSA) is 88.8 Å². The van der Waals surface area contributed by atoms with Gasteiger partial charge in [0.2, 0.25) is 5.91 Å². The van der Waals surface area contributed by atoms with Crippen LogP contribution in [0.2, 0.25) is 10.0 Å². The lowest BCUT2D eigenvalue weighted by Gasteiger charge is -2.32. The molecule has 0 bridgehead atoms. The lowest BCUT2D eigenvalue weighted by Crippen LogP contribution is -2.44. The van der Waals surface area contributed by atoms with Crippen molar-refractivity contribution >= 4 is 46.5 Å². The number of hydrogen-bond donors (Lipinski definition) is 0. The Balaban J connectivity index is 1.06. The molecule has 2 fully saturated rings. The highest BCUT2D eigenvalue weighted by Gasteiger charge is 2.37. The van der Waals surface area contributed by atoms with Crippen molar-refractivity contribution in [1.29, 1.82) is 0 Å². The Morgan fingerprint density at radius 3 is 2.59 bits per heavy atom. The summed E-state index contributed by atoms with van der Waals surface area (Å²) in [5.74, 6) is 0.764. The first-order chi connectivity index (χ1) is 19.0. The molecule has 4 aromatic rings. The molecule has 2 aromatic carbocycles. The molecule has 2 aliphatic heterocycles. The number of aromatic nitrogens is 2. The van der Waals surface area contributed by atoms with E-state index in [0.29, 0.717) is 34.6 Å². The molecule has 1 atom stereocenters. The molecule has 2 amide bonds. The van der Waals surface area contributed by atoms with Crippen LogP contribution in [-0.4, -0.2) is 58.2 Å². The molecule has 0 aliphatic carbocycles. The van der Waals surface area contributed by atoms with Crippen molar-refractivity contribution in [2.45, 2.75) is 24.8 Å². The minimum Gasteiger partial charge on any atom is -0.447 e. The van der Waals surface area contributed by atoms with E-state index in [0.717, 1.165) is 34.7 Å². The fraction of sp³-hybridized carbons (Fsp3) is 0.286. The van der Waals surface area contributed by atoms with Gasteiger partial charge in [-0.05, 0) is 30.5 Å². The summed E-state index contributed by atoms with van der Waals surface area (Å²) >= 11 is 13.7. The average Bonchev–Trinajstić information content (AvgIpc) is 3.72. The molecule has 39 heavy (non-hydrogen) atoms. The first-order valence-electron chi connectivity index (χ1n) is 12.6. The molecule has 0 N–H and O–H groups in total. The summed E-state index contributed by atoms with van der Waals surface area (Å²) in [6.45, 7) is 1.49. The zero-order chi connectivity index (χ0) is 26.9. The van der Waals surface area contributed by atoms with Gasteiger partial charge in [0.05, 0.1) is 21.1 Å². The predicted octanol–water partition coefficient (Wildman–Crippen LogP) is 6.67. The van der Waals surface area contributed by atoms with Crippen LogP contribution < -0.4 is 0 Å². The Labute approximate surface area is 239 Å². The number of ether oxygens (including phenoxy) is 1. The molecule has 0 saturated carbocycles. The lowest BCUT2D eigenvalue weighted by molar-refractivity contribution is -0.133. The normalized spacial score (nSPS) is 18.0. The number of hydrogen-bond acceptors (Lipinski definition) is 7. The van der Waals surface area contributed by atoms with Crippen LogP contribution in [0.4, 0.5) is 4.79 Å². The van der Waals surface area contributed by atoms with Crippen molar-refractivity contribution in [1.82, 2.24) is 19.9 Å². The molecule has 6 rings (SSSR count). The third-order valence-electron chi connectivity index (χ3n) is 7.16. The Kier molecular flexibility index (Phi) is 7.29. The summed E-state index contributed by atoms with van der Waals surface area (Å²) in [5.41, 5.74) is 3.16. The highest BCUT2D eigenvalue weighted by Crippen LogP contribution is 2.35. The van der Waals surface area contributed by atoms with Crippen molar-refractivity contribution in [3.05, 3.63) is 80.6 Å². The Bertz CT molecular complexity index is 1500. The quantitative estimate of drug-likeness (QED) is 0.252. The number of carbonyl (C=O) groups excluding carboxylic acids is 2. The number of halogens is 2. The molecule has 2 saturated heterocycles. The van der Waals surface area contributed by atoms with E-state index >= 15 is 0 Å². The van der Waals surface area contributed by atoms with Crippen LogP contribution in [0.25, 0.3) is 22.7 Å². The summed E-state index contributed by atoms with van der Waals surface area (Å²) in [5, 5.41) is 8.08. The lowest BCUT2D eigenvalue weighted by atomic mass is 9.97. The minimum atomic E-state index is -0.447. The van der Waals surface area contributed by atoms with Gasteiger partial charge in [-0.25, -0.2) is 9.78 Å². The molecule has 0 spiro atoms. The molecule has 0 radical (unpaired) electrons. The number of likely N-dealkylation sites (tertiary alicyclic amines) is 1. The standard InChI is InChI=1S/C28H24Cl2N4O4S/c29-20-7-6-19(12-21(20)30)22-13-25(38-32-22)23-16-39-27(31-23)18-8-10-33(11-9-18)26(35)14-34-24(15-37-28(34)36)17-4-2-1-3-5-17/h1-7,12-13,16,18,24H,8-11,14-15H2. The number of amides is 2. The van der Waals surface area contributed by atoms with Crippen LogP contribution in [0.15, 0.2) is 64.5 Å². The number of piperidine rings is 1. The summed E-state index contributed by atoms with van der Waals surface area (Å²) in [7, 11) is 0. The van der Waals surface area contributed by atoms with E-state index in [4.69, 9.17) is 37.4 Å². The van der Waals surface area contributed by atoms with E-state index < -0.39 is 6.09 Å². The van der Waals surface area contributed by atoms with E-state index in [9.17, 15) is 9.59 Å². The molecule has 2 aromatic heterocycles. The maximum atomic E-state index is 13.1. The number of thiazole rings is 1. The van der Waals surface area contributed by atoms with Crippen LogP contribution in [-0.2, 0) is 9.53 Å². The maximum Gasteiger partial charge on any atom is 0.410 e. The smallest absolute Gasteiger partial charge is 0.410 e. The van der Waals surface area contributed by atoms with E-state index in [1.807, 2.05) is 52.7 Å². The van der Waals surface area contributed by atoms with Gasteiger partial charge < -0.3 is 14.2 Å². The summed E-state index contributed by atoms with van der Waals surface area (Å²) in [4.78, 5) is 33.6. The first kappa shape index (κ1) is 25.9. The SMILES string of the molecule is O=C(CN1C(=O)OCC1c1ccccc1)N1CCC(c2nc(-c3cc(-c4ccc(Cl)c(Cl)c4)no3)cs2)CC1. The van der Waals surface area contributed by atoms with Gasteiger partial charge >= 0.3 is 6.09 Å². The first-order valence-corrected chi connectivity index (χ1v) is 14.2. The molecule has 4 heterocycles. The van der Waals surface area contributed by atoms with Crippen LogP contribution >= 0.6 is 34.5 Å². The Morgan fingerprint density at radius 2 is 1.82 bits per heavy atom. The molecular formula is C28H24Cl2N4O4S. The van der Waals surface area contributed by atoms with Crippen molar-refractivity contribution < 1.29 is 18.8 Å². The van der Waals surface area contributed by atoms with Crippen molar-refractivity contribution in [2.24, 2.45) is 0 Å². The second-order valence-electron chi connectivity index (χ2n) is 9.56. The highest BCUT2D eigenvalue weighted by molar-refractivity contribution is 7.10. The van der Waals surface area contributed by atoms with Gasteiger partial charge in [-0.15, -0.1) is 11.3 Å². The van der Waals surface area contributed by atoms with Crippen LogP contribution in [0, 0.1) is 0 Å². The number of benzene rings is 2. The third kappa shape index (κ3) is 5.39. The van der Waals surface area contributed by atoms with Gasteiger partial charge in [-0.1, -0.05) is 64.8 Å². The number of rotatable bonds is 6. The van der Waals surface area contributed by atoms with Crippen LogP contribution in [0.1, 0.15) is 35.4 Å². The maximum absolute atomic E-state index is 13.1. The molecule has 2 aliphatic rings. The molecule has 200 valence electrons. The number of cyclic esters (lactones) is 1. The van der Waals surface area contributed by atoms with Gasteiger partial charge in [-0.3, -0.25) is 9.69 Å². The number of nitrogens with zero attached hydrogens (tertiary/aromatic N) is 4. The monoisotopic (exact) mass is 582 g/mol. The third-order valence-corrected chi connectivity index (χ3v) is 8.91.